The Kier molecular flexibility index (Phi) is 5.57. The highest BCUT2D eigenvalue weighted by molar-refractivity contribution is 9.10. The Hall–Kier alpha value is -0.910. The monoisotopic (exact) mass is 340 g/mol. The summed E-state index contributed by atoms with van der Waals surface area (Å²) in [7, 11) is 0. The van der Waals surface area contributed by atoms with Gasteiger partial charge in [-0.05, 0) is 31.2 Å². The molecule has 2 unspecified atom stereocenters. The van der Waals surface area contributed by atoms with Crippen LogP contribution in [0.5, 0.6) is 0 Å². The smallest absolute Gasteiger partial charge is 0.227 e. The molecule has 0 radical (unpaired) electrons. The largest absolute Gasteiger partial charge is 0.379 e. The summed E-state index contributed by atoms with van der Waals surface area (Å²) in [5.41, 5.74) is 1.09. The maximum Gasteiger partial charge on any atom is 0.227 e. The van der Waals surface area contributed by atoms with Gasteiger partial charge in [0.05, 0.1) is 25.2 Å². The van der Waals surface area contributed by atoms with E-state index in [-0.39, 0.29) is 23.9 Å². The minimum Gasteiger partial charge on any atom is -0.379 e. The lowest BCUT2D eigenvalue weighted by Gasteiger charge is -2.21. The zero-order valence-corrected chi connectivity index (χ0v) is 13.4. The minimum atomic E-state index is -0.107. The molecule has 1 fully saturated rings. The SMILES string of the molecule is CCNC1COCC1C(=O)N[C@H](C)c1cccc(Br)c1. The van der Waals surface area contributed by atoms with E-state index in [1.54, 1.807) is 0 Å². The summed E-state index contributed by atoms with van der Waals surface area (Å²) in [6.45, 7) is 5.99. The third-order valence-corrected chi connectivity index (χ3v) is 4.08. The van der Waals surface area contributed by atoms with Crippen molar-refractivity contribution in [2.24, 2.45) is 5.92 Å². The number of likely N-dealkylation sites (N-methyl/N-ethyl adjacent to an activating group) is 1. The number of benzene rings is 1. The van der Waals surface area contributed by atoms with E-state index in [9.17, 15) is 4.79 Å². The minimum absolute atomic E-state index is 0.0112. The number of carbonyl (C=O) groups is 1. The van der Waals surface area contributed by atoms with Crippen LogP contribution < -0.4 is 10.6 Å². The molecule has 0 bridgehead atoms. The van der Waals surface area contributed by atoms with Crippen molar-refractivity contribution >= 4 is 21.8 Å². The zero-order valence-electron chi connectivity index (χ0n) is 11.9. The summed E-state index contributed by atoms with van der Waals surface area (Å²) in [4.78, 5) is 12.4. The maximum absolute atomic E-state index is 12.4. The molecule has 2 rings (SSSR count). The molecule has 110 valence electrons. The fourth-order valence-corrected chi connectivity index (χ4v) is 2.87. The van der Waals surface area contributed by atoms with Gasteiger partial charge in [-0.2, -0.15) is 0 Å². The van der Waals surface area contributed by atoms with E-state index < -0.39 is 0 Å². The van der Waals surface area contributed by atoms with E-state index in [1.807, 2.05) is 38.1 Å². The fraction of sp³-hybridized carbons (Fsp3) is 0.533. The van der Waals surface area contributed by atoms with Crippen LogP contribution in [0.2, 0.25) is 0 Å². The van der Waals surface area contributed by atoms with Crippen molar-refractivity contribution in [1.29, 1.82) is 0 Å². The second kappa shape index (κ2) is 7.20. The summed E-state index contributed by atoms with van der Waals surface area (Å²) in [6, 6.07) is 8.10. The van der Waals surface area contributed by atoms with Gasteiger partial charge in [0.25, 0.3) is 0 Å². The molecule has 1 aromatic rings. The number of halogens is 1. The zero-order chi connectivity index (χ0) is 14.5. The molecule has 4 nitrogen and oxygen atoms in total. The maximum atomic E-state index is 12.4. The molecule has 2 N–H and O–H groups in total. The molecule has 1 heterocycles. The van der Waals surface area contributed by atoms with Gasteiger partial charge in [-0.1, -0.05) is 35.0 Å². The van der Waals surface area contributed by atoms with Gasteiger partial charge in [-0.3, -0.25) is 4.79 Å². The van der Waals surface area contributed by atoms with E-state index in [1.165, 1.54) is 0 Å². The summed E-state index contributed by atoms with van der Waals surface area (Å²) in [6.07, 6.45) is 0. The number of ether oxygens (including phenoxy) is 1. The Morgan fingerprint density at radius 2 is 2.30 bits per heavy atom. The highest BCUT2D eigenvalue weighted by atomic mass is 79.9. The predicted octanol–water partition coefficient (Wildman–Crippen LogP) is 2.25. The van der Waals surface area contributed by atoms with Gasteiger partial charge < -0.3 is 15.4 Å². The molecule has 20 heavy (non-hydrogen) atoms. The van der Waals surface area contributed by atoms with Gasteiger partial charge >= 0.3 is 0 Å². The van der Waals surface area contributed by atoms with Crippen LogP contribution >= 0.6 is 15.9 Å². The van der Waals surface area contributed by atoms with Gasteiger partial charge in [0.2, 0.25) is 5.91 Å². The lowest BCUT2D eigenvalue weighted by atomic mass is 10.0. The third kappa shape index (κ3) is 3.81. The molecule has 1 aromatic carbocycles. The molecule has 1 aliphatic rings. The van der Waals surface area contributed by atoms with Gasteiger partial charge in [0, 0.05) is 10.5 Å². The van der Waals surface area contributed by atoms with Crippen LogP contribution in [0, 0.1) is 5.92 Å². The number of hydrogen-bond donors (Lipinski definition) is 2. The van der Waals surface area contributed by atoms with Gasteiger partial charge in [0.15, 0.2) is 0 Å². The molecule has 1 aliphatic heterocycles. The second-order valence-corrected chi connectivity index (χ2v) is 6.01. The lowest BCUT2D eigenvalue weighted by molar-refractivity contribution is -0.126. The second-order valence-electron chi connectivity index (χ2n) is 5.09. The van der Waals surface area contributed by atoms with E-state index in [2.05, 4.69) is 26.6 Å². The first kappa shape index (κ1) is 15.5. The Balaban J connectivity index is 1.97. The summed E-state index contributed by atoms with van der Waals surface area (Å²) in [5, 5.41) is 6.38. The van der Waals surface area contributed by atoms with Crippen LogP contribution in [0.15, 0.2) is 28.7 Å². The van der Waals surface area contributed by atoms with Crippen LogP contribution in [0.1, 0.15) is 25.5 Å². The number of carbonyl (C=O) groups excluding carboxylic acids is 1. The molecule has 0 saturated carbocycles. The van der Waals surface area contributed by atoms with Crippen molar-refractivity contribution in [3.8, 4) is 0 Å². The van der Waals surface area contributed by atoms with Crippen LogP contribution in [0.25, 0.3) is 0 Å². The van der Waals surface area contributed by atoms with Crippen molar-refractivity contribution in [3.05, 3.63) is 34.3 Å². The summed E-state index contributed by atoms with van der Waals surface area (Å²) < 4.78 is 6.44. The van der Waals surface area contributed by atoms with Crippen LogP contribution in [0.3, 0.4) is 0 Å². The molecule has 3 atom stereocenters. The van der Waals surface area contributed by atoms with Crippen molar-refractivity contribution in [3.63, 3.8) is 0 Å². The first-order valence-corrected chi connectivity index (χ1v) is 7.78. The Morgan fingerprint density at radius 1 is 1.50 bits per heavy atom. The Labute approximate surface area is 128 Å². The van der Waals surface area contributed by atoms with Crippen LogP contribution in [-0.4, -0.2) is 31.7 Å². The number of nitrogens with one attached hydrogen (secondary N) is 2. The quantitative estimate of drug-likeness (QED) is 0.864. The van der Waals surface area contributed by atoms with E-state index in [0.717, 1.165) is 16.6 Å². The number of hydrogen-bond acceptors (Lipinski definition) is 3. The van der Waals surface area contributed by atoms with Crippen molar-refractivity contribution < 1.29 is 9.53 Å². The molecule has 1 saturated heterocycles. The van der Waals surface area contributed by atoms with Crippen molar-refractivity contribution in [2.45, 2.75) is 25.9 Å². The Bertz CT molecular complexity index is 467. The van der Waals surface area contributed by atoms with Crippen molar-refractivity contribution in [2.75, 3.05) is 19.8 Å². The lowest BCUT2D eigenvalue weighted by Crippen LogP contribution is -2.44. The van der Waals surface area contributed by atoms with Crippen LogP contribution in [0.4, 0.5) is 0 Å². The average molecular weight is 341 g/mol. The highest BCUT2D eigenvalue weighted by Crippen LogP contribution is 2.20. The van der Waals surface area contributed by atoms with Gasteiger partial charge in [-0.15, -0.1) is 0 Å². The van der Waals surface area contributed by atoms with E-state index in [0.29, 0.717) is 13.2 Å². The van der Waals surface area contributed by atoms with E-state index >= 15 is 0 Å². The Morgan fingerprint density at radius 3 is 3.00 bits per heavy atom. The van der Waals surface area contributed by atoms with Crippen molar-refractivity contribution in [1.82, 2.24) is 10.6 Å². The molecule has 0 aliphatic carbocycles. The van der Waals surface area contributed by atoms with Gasteiger partial charge in [-0.25, -0.2) is 0 Å². The molecule has 0 aromatic heterocycles. The normalized spacial score (nSPS) is 23.6. The number of rotatable bonds is 5. The molecule has 5 heteroatoms. The number of amides is 1. The highest BCUT2D eigenvalue weighted by Gasteiger charge is 2.33. The average Bonchev–Trinajstić information content (AvgIpc) is 2.87. The first-order chi connectivity index (χ1) is 9.61. The third-order valence-electron chi connectivity index (χ3n) is 3.59. The molecular weight excluding hydrogens is 320 g/mol. The summed E-state index contributed by atoms with van der Waals surface area (Å²) in [5.74, 6) is -0.0505. The van der Waals surface area contributed by atoms with Gasteiger partial charge in [0.1, 0.15) is 0 Å². The molecule has 1 amide bonds. The summed E-state index contributed by atoms with van der Waals surface area (Å²) >= 11 is 3.45. The predicted molar refractivity (Wildman–Crippen MR) is 82.5 cm³/mol. The van der Waals surface area contributed by atoms with E-state index in [4.69, 9.17) is 4.74 Å². The van der Waals surface area contributed by atoms with Crippen LogP contribution in [-0.2, 0) is 9.53 Å². The fourth-order valence-electron chi connectivity index (χ4n) is 2.46. The standard InChI is InChI=1S/C15H21BrN2O2/c1-3-17-14-9-20-8-13(14)15(19)18-10(2)11-5-4-6-12(16)7-11/h4-7,10,13-14,17H,3,8-9H2,1-2H3,(H,18,19)/t10-,13?,14?/m1/s1. The topological polar surface area (TPSA) is 50.4 Å². The first-order valence-electron chi connectivity index (χ1n) is 6.98. The molecule has 0 spiro atoms. The molecular formula is C15H21BrN2O2.